The fraction of sp³-hybridized carbons (Fsp3) is 1.00. The molecule has 1 aliphatic heterocycles. The van der Waals surface area contributed by atoms with E-state index in [1.807, 2.05) is 0 Å². The molecule has 0 amide bonds. The van der Waals surface area contributed by atoms with E-state index in [2.05, 4.69) is 33.0 Å². The second-order valence-corrected chi connectivity index (χ2v) is 4.63. The molecule has 0 bridgehead atoms. The fourth-order valence-electron chi connectivity index (χ4n) is 1.77. The first-order chi connectivity index (χ1) is 6.08. The summed E-state index contributed by atoms with van der Waals surface area (Å²) >= 11 is 0. The molecule has 2 heteroatoms. The van der Waals surface area contributed by atoms with Gasteiger partial charge in [0, 0.05) is 13.1 Å². The predicted molar refractivity (Wildman–Crippen MR) is 55.9 cm³/mol. The SMILES string of the molecule is CCCC1CNCC(C)(C(C)C)O1. The third-order valence-corrected chi connectivity index (χ3v) is 3.12. The van der Waals surface area contributed by atoms with Gasteiger partial charge in [-0.3, -0.25) is 0 Å². The first-order valence-electron chi connectivity index (χ1n) is 5.47. The zero-order valence-corrected chi connectivity index (χ0v) is 9.39. The van der Waals surface area contributed by atoms with Crippen molar-refractivity contribution in [1.29, 1.82) is 0 Å². The van der Waals surface area contributed by atoms with E-state index in [0.29, 0.717) is 12.0 Å². The standard InChI is InChI=1S/C11H23NO/c1-5-6-10-7-12-8-11(4,13-10)9(2)3/h9-10,12H,5-8H2,1-4H3. The molecule has 0 aliphatic carbocycles. The van der Waals surface area contributed by atoms with Crippen molar-refractivity contribution < 1.29 is 4.74 Å². The summed E-state index contributed by atoms with van der Waals surface area (Å²) in [6.07, 6.45) is 2.81. The highest BCUT2D eigenvalue weighted by molar-refractivity contribution is 4.87. The number of hydrogen-bond acceptors (Lipinski definition) is 2. The molecule has 2 unspecified atom stereocenters. The van der Waals surface area contributed by atoms with Crippen LogP contribution >= 0.6 is 0 Å². The van der Waals surface area contributed by atoms with Crippen LogP contribution in [0.1, 0.15) is 40.5 Å². The quantitative estimate of drug-likeness (QED) is 0.727. The van der Waals surface area contributed by atoms with Crippen molar-refractivity contribution in [2.75, 3.05) is 13.1 Å². The highest BCUT2D eigenvalue weighted by Crippen LogP contribution is 2.26. The molecule has 0 aromatic carbocycles. The summed E-state index contributed by atoms with van der Waals surface area (Å²) in [5, 5.41) is 3.47. The number of hydrogen-bond donors (Lipinski definition) is 1. The molecule has 0 aromatic rings. The molecule has 1 N–H and O–H groups in total. The maximum Gasteiger partial charge on any atom is 0.0805 e. The van der Waals surface area contributed by atoms with E-state index in [1.165, 1.54) is 12.8 Å². The van der Waals surface area contributed by atoms with E-state index in [1.54, 1.807) is 0 Å². The molecule has 13 heavy (non-hydrogen) atoms. The smallest absolute Gasteiger partial charge is 0.0805 e. The number of nitrogens with one attached hydrogen (secondary N) is 1. The van der Waals surface area contributed by atoms with Crippen LogP contribution in [0, 0.1) is 5.92 Å². The second-order valence-electron chi connectivity index (χ2n) is 4.63. The Morgan fingerprint density at radius 2 is 2.23 bits per heavy atom. The van der Waals surface area contributed by atoms with Crippen LogP contribution in [0.4, 0.5) is 0 Å². The average molecular weight is 185 g/mol. The number of morpholine rings is 1. The zero-order chi connectivity index (χ0) is 9.90. The average Bonchev–Trinajstić information content (AvgIpc) is 2.04. The van der Waals surface area contributed by atoms with Gasteiger partial charge in [0.05, 0.1) is 11.7 Å². The van der Waals surface area contributed by atoms with Gasteiger partial charge in [-0.05, 0) is 19.3 Å². The molecule has 1 rings (SSSR count). The van der Waals surface area contributed by atoms with E-state index >= 15 is 0 Å². The van der Waals surface area contributed by atoms with Crippen LogP contribution in [-0.4, -0.2) is 24.8 Å². The first-order valence-corrected chi connectivity index (χ1v) is 5.47. The van der Waals surface area contributed by atoms with Crippen LogP contribution in [0.25, 0.3) is 0 Å². The maximum atomic E-state index is 6.11. The lowest BCUT2D eigenvalue weighted by molar-refractivity contribution is -0.131. The van der Waals surface area contributed by atoms with Crippen molar-refractivity contribution in [3.63, 3.8) is 0 Å². The highest BCUT2D eigenvalue weighted by atomic mass is 16.5. The van der Waals surface area contributed by atoms with Gasteiger partial charge in [-0.25, -0.2) is 0 Å². The summed E-state index contributed by atoms with van der Waals surface area (Å²) < 4.78 is 6.11. The Labute approximate surface area is 82.0 Å². The van der Waals surface area contributed by atoms with Crippen molar-refractivity contribution in [2.24, 2.45) is 5.92 Å². The van der Waals surface area contributed by atoms with E-state index in [0.717, 1.165) is 13.1 Å². The van der Waals surface area contributed by atoms with Crippen LogP contribution < -0.4 is 5.32 Å². The van der Waals surface area contributed by atoms with E-state index in [4.69, 9.17) is 4.74 Å². The Kier molecular flexibility index (Phi) is 3.74. The van der Waals surface area contributed by atoms with Gasteiger partial charge >= 0.3 is 0 Å². The molecule has 1 aliphatic rings. The van der Waals surface area contributed by atoms with Crippen LogP contribution in [0.3, 0.4) is 0 Å². The molecular formula is C11H23NO. The van der Waals surface area contributed by atoms with E-state index in [9.17, 15) is 0 Å². The first kappa shape index (κ1) is 11.0. The van der Waals surface area contributed by atoms with Gasteiger partial charge in [0.25, 0.3) is 0 Å². The molecule has 78 valence electrons. The van der Waals surface area contributed by atoms with Gasteiger partial charge in [0.2, 0.25) is 0 Å². The molecule has 1 fully saturated rings. The molecule has 1 saturated heterocycles. The molecule has 0 radical (unpaired) electrons. The van der Waals surface area contributed by atoms with Crippen molar-refractivity contribution in [3.05, 3.63) is 0 Å². The van der Waals surface area contributed by atoms with Gasteiger partial charge in [0.1, 0.15) is 0 Å². The van der Waals surface area contributed by atoms with Gasteiger partial charge in [-0.15, -0.1) is 0 Å². The summed E-state index contributed by atoms with van der Waals surface area (Å²) in [4.78, 5) is 0. The van der Waals surface area contributed by atoms with Crippen LogP contribution in [0.5, 0.6) is 0 Å². The normalized spacial score (nSPS) is 35.3. The van der Waals surface area contributed by atoms with Crippen molar-refractivity contribution in [3.8, 4) is 0 Å². The molecular weight excluding hydrogens is 162 g/mol. The minimum Gasteiger partial charge on any atom is -0.369 e. The summed E-state index contributed by atoms with van der Waals surface area (Å²) in [6.45, 7) is 10.9. The Morgan fingerprint density at radius 1 is 1.54 bits per heavy atom. The number of ether oxygens (including phenoxy) is 1. The molecule has 2 nitrogen and oxygen atoms in total. The molecule has 2 atom stereocenters. The van der Waals surface area contributed by atoms with Crippen molar-refractivity contribution in [1.82, 2.24) is 5.32 Å². The van der Waals surface area contributed by atoms with Gasteiger partial charge in [0.15, 0.2) is 0 Å². The van der Waals surface area contributed by atoms with Gasteiger partial charge in [-0.1, -0.05) is 27.2 Å². The summed E-state index contributed by atoms with van der Waals surface area (Å²) in [5.41, 5.74) is 0.0398. The zero-order valence-electron chi connectivity index (χ0n) is 9.39. The molecule has 0 saturated carbocycles. The Hall–Kier alpha value is -0.0800. The third-order valence-electron chi connectivity index (χ3n) is 3.12. The van der Waals surface area contributed by atoms with Crippen molar-refractivity contribution >= 4 is 0 Å². The minimum atomic E-state index is 0.0398. The Balaban J connectivity index is 2.49. The lowest BCUT2D eigenvalue weighted by atomic mass is 9.90. The third kappa shape index (κ3) is 2.68. The lowest BCUT2D eigenvalue weighted by Crippen LogP contribution is -2.54. The summed E-state index contributed by atoms with van der Waals surface area (Å²) in [7, 11) is 0. The lowest BCUT2D eigenvalue weighted by Gasteiger charge is -2.42. The topological polar surface area (TPSA) is 21.3 Å². The second kappa shape index (κ2) is 4.43. The van der Waals surface area contributed by atoms with Crippen LogP contribution in [0.2, 0.25) is 0 Å². The van der Waals surface area contributed by atoms with Crippen LogP contribution in [0.15, 0.2) is 0 Å². The summed E-state index contributed by atoms with van der Waals surface area (Å²) in [5.74, 6) is 0.583. The highest BCUT2D eigenvalue weighted by Gasteiger charge is 2.34. The molecule has 0 aromatic heterocycles. The predicted octanol–water partition coefficient (Wildman–Crippen LogP) is 2.19. The maximum absolute atomic E-state index is 6.11. The van der Waals surface area contributed by atoms with Crippen LogP contribution in [-0.2, 0) is 4.74 Å². The fourth-order valence-corrected chi connectivity index (χ4v) is 1.77. The minimum absolute atomic E-state index is 0.0398. The Bertz CT molecular complexity index is 156. The largest absolute Gasteiger partial charge is 0.369 e. The number of rotatable bonds is 3. The van der Waals surface area contributed by atoms with E-state index in [-0.39, 0.29) is 5.60 Å². The van der Waals surface area contributed by atoms with Gasteiger partial charge in [-0.2, -0.15) is 0 Å². The Morgan fingerprint density at radius 3 is 2.77 bits per heavy atom. The van der Waals surface area contributed by atoms with Crippen molar-refractivity contribution in [2.45, 2.75) is 52.2 Å². The monoisotopic (exact) mass is 185 g/mol. The van der Waals surface area contributed by atoms with E-state index < -0.39 is 0 Å². The van der Waals surface area contributed by atoms with Gasteiger partial charge < -0.3 is 10.1 Å². The molecule has 1 heterocycles. The molecule has 0 spiro atoms. The summed E-state index contributed by atoms with van der Waals surface area (Å²) in [6, 6.07) is 0.